The Labute approximate surface area is 263 Å². The molecule has 0 aliphatic rings. The van der Waals surface area contributed by atoms with Gasteiger partial charge in [-0.1, -0.05) is 67.6 Å². The average molecular weight is 645 g/mol. The third kappa shape index (κ3) is 12.3. The van der Waals surface area contributed by atoms with Crippen LogP contribution in [0.25, 0.3) is 11.1 Å². The molecule has 9 nitrogen and oxygen atoms in total. The molecular weight excluding hydrogens is 609 g/mol. The number of esters is 2. The van der Waals surface area contributed by atoms with E-state index >= 15 is 0 Å². The molecular formula is C32H35F3N4O5S. The molecule has 3 N–H and O–H groups in total. The molecule has 45 heavy (non-hydrogen) atoms. The Bertz CT molecular complexity index is 1390. The van der Waals surface area contributed by atoms with E-state index < -0.39 is 42.5 Å². The number of thioether (sulfide) groups is 1. The number of carbonyl (C=O) groups is 4. The van der Waals surface area contributed by atoms with E-state index in [4.69, 9.17) is 0 Å². The number of anilines is 1. The number of aromatic nitrogens is 1. The molecule has 0 fully saturated rings. The van der Waals surface area contributed by atoms with E-state index in [0.29, 0.717) is 30.7 Å². The summed E-state index contributed by atoms with van der Waals surface area (Å²) in [5.41, 5.74) is 2.14. The van der Waals surface area contributed by atoms with Crippen LogP contribution in [0.1, 0.15) is 44.2 Å². The van der Waals surface area contributed by atoms with Gasteiger partial charge in [-0.2, -0.15) is 24.9 Å². The number of unbranched alkanes of at least 4 members (excludes halogenated alkanes) is 1. The highest BCUT2D eigenvalue weighted by Gasteiger charge is 2.42. The van der Waals surface area contributed by atoms with E-state index in [9.17, 15) is 32.3 Å². The summed E-state index contributed by atoms with van der Waals surface area (Å²) in [6, 6.07) is 19.5. The van der Waals surface area contributed by atoms with Gasteiger partial charge in [0.15, 0.2) is 0 Å². The quantitative estimate of drug-likeness (QED) is 0.107. The molecule has 2 aromatic carbocycles. The predicted octanol–water partition coefficient (Wildman–Crippen LogP) is 5.45. The number of ether oxygens (including phenoxy) is 1. The molecule has 2 amide bonds. The van der Waals surface area contributed by atoms with Crippen LogP contribution in [-0.2, 0) is 23.9 Å². The highest BCUT2D eigenvalue weighted by molar-refractivity contribution is 7.99. The molecule has 0 aliphatic carbocycles. The lowest BCUT2D eigenvalue weighted by Gasteiger charge is -2.23. The smallest absolute Gasteiger partial charge is 0.386 e. The van der Waals surface area contributed by atoms with Gasteiger partial charge in [0.1, 0.15) is 11.9 Å². The molecule has 0 aliphatic heterocycles. The standard InChI is InChI=1S/C32H35F3N4O5S/c1-2-45-21-26(38-28(40)13-7-9-19-37-27-12-6-8-18-36-27)30(42)39-25(20-29(41)44-31(43)32(33,34)35)24-16-14-23(15-17-24)22-10-4-3-5-11-22/h3-6,8,10-12,14-18,25-26H,2,7,9,13,19-21H2,1H3,(H,36,37)(H,38,40)(H,39,42)/t25?,26-/m1/s1. The van der Waals surface area contributed by atoms with Gasteiger partial charge in [-0.3, -0.25) is 14.4 Å². The van der Waals surface area contributed by atoms with Crippen molar-refractivity contribution in [2.75, 3.05) is 23.4 Å². The van der Waals surface area contributed by atoms with Crippen molar-refractivity contribution >= 4 is 41.3 Å². The zero-order valence-electron chi connectivity index (χ0n) is 24.6. The van der Waals surface area contributed by atoms with E-state index in [1.54, 1.807) is 30.5 Å². The SMILES string of the molecule is CCSC[C@@H](NC(=O)CCCCNc1ccccn1)C(=O)NC(CC(=O)OC(=O)C(F)(F)F)c1ccc(-c2ccccc2)cc1. The summed E-state index contributed by atoms with van der Waals surface area (Å²) in [5, 5.41) is 8.56. The van der Waals surface area contributed by atoms with Crippen LogP contribution in [-0.4, -0.2) is 59.0 Å². The van der Waals surface area contributed by atoms with Gasteiger partial charge >= 0.3 is 18.1 Å². The van der Waals surface area contributed by atoms with E-state index in [-0.39, 0.29) is 18.1 Å². The highest BCUT2D eigenvalue weighted by Crippen LogP contribution is 2.25. The highest BCUT2D eigenvalue weighted by atomic mass is 32.2. The summed E-state index contributed by atoms with van der Waals surface area (Å²) in [6.45, 7) is 2.50. The minimum Gasteiger partial charge on any atom is -0.386 e. The van der Waals surface area contributed by atoms with Crippen LogP contribution < -0.4 is 16.0 Å². The maximum atomic E-state index is 13.4. The van der Waals surface area contributed by atoms with Gasteiger partial charge in [-0.25, -0.2) is 9.78 Å². The fourth-order valence-electron chi connectivity index (χ4n) is 4.21. The fraction of sp³-hybridized carbons (Fsp3) is 0.344. The first kappa shape index (κ1) is 35.1. The first-order valence-electron chi connectivity index (χ1n) is 14.4. The predicted molar refractivity (Wildman–Crippen MR) is 166 cm³/mol. The Hall–Kier alpha value is -4.39. The van der Waals surface area contributed by atoms with Crippen LogP contribution in [0.5, 0.6) is 0 Å². The summed E-state index contributed by atoms with van der Waals surface area (Å²) in [5.74, 6) is -3.46. The summed E-state index contributed by atoms with van der Waals surface area (Å²) in [7, 11) is 0. The van der Waals surface area contributed by atoms with Gasteiger partial charge in [0.2, 0.25) is 11.8 Å². The second-order valence-corrected chi connectivity index (χ2v) is 11.2. The molecule has 3 aromatic rings. The molecule has 0 saturated heterocycles. The van der Waals surface area contributed by atoms with E-state index in [1.807, 2.05) is 55.5 Å². The Kier molecular flexibility index (Phi) is 13.9. The van der Waals surface area contributed by atoms with Crippen molar-refractivity contribution in [2.45, 2.75) is 50.9 Å². The van der Waals surface area contributed by atoms with Gasteiger partial charge in [-0.05, 0) is 47.4 Å². The van der Waals surface area contributed by atoms with Gasteiger partial charge in [-0.15, -0.1) is 0 Å². The molecule has 13 heteroatoms. The third-order valence-electron chi connectivity index (χ3n) is 6.49. The van der Waals surface area contributed by atoms with Crippen molar-refractivity contribution in [3.8, 4) is 11.1 Å². The van der Waals surface area contributed by atoms with E-state index in [1.165, 1.54) is 11.8 Å². The summed E-state index contributed by atoms with van der Waals surface area (Å²) < 4.78 is 42.1. The van der Waals surface area contributed by atoms with Crippen LogP contribution in [0, 0.1) is 0 Å². The number of alkyl halides is 3. The molecule has 240 valence electrons. The van der Waals surface area contributed by atoms with E-state index in [2.05, 4.69) is 25.7 Å². The van der Waals surface area contributed by atoms with Crippen molar-refractivity contribution in [2.24, 2.45) is 0 Å². The van der Waals surface area contributed by atoms with Crippen LogP contribution in [0.2, 0.25) is 0 Å². The second kappa shape index (κ2) is 17.8. The number of nitrogens with one attached hydrogen (secondary N) is 3. The molecule has 0 radical (unpaired) electrons. The van der Waals surface area contributed by atoms with Gasteiger partial charge in [0.05, 0.1) is 12.5 Å². The first-order chi connectivity index (χ1) is 21.6. The first-order valence-corrected chi connectivity index (χ1v) is 15.5. The van der Waals surface area contributed by atoms with Crippen LogP contribution >= 0.6 is 11.8 Å². The Balaban J connectivity index is 1.67. The minimum atomic E-state index is -5.35. The number of carbonyl (C=O) groups excluding carboxylic acids is 4. The molecule has 1 unspecified atom stereocenters. The molecule has 3 rings (SSSR count). The van der Waals surface area contributed by atoms with Crippen LogP contribution in [0.4, 0.5) is 19.0 Å². The monoisotopic (exact) mass is 644 g/mol. The van der Waals surface area contributed by atoms with Crippen molar-refractivity contribution in [3.63, 3.8) is 0 Å². The molecule has 1 heterocycles. The summed E-state index contributed by atoms with van der Waals surface area (Å²) in [4.78, 5) is 53.9. The summed E-state index contributed by atoms with van der Waals surface area (Å²) >= 11 is 1.41. The number of benzene rings is 2. The normalized spacial score (nSPS) is 12.4. The maximum absolute atomic E-state index is 13.4. The number of hydrogen-bond donors (Lipinski definition) is 3. The average Bonchev–Trinajstić information content (AvgIpc) is 3.03. The Morgan fingerprint density at radius 1 is 0.889 bits per heavy atom. The maximum Gasteiger partial charge on any atom is 0.491 e. The van der Waals surface area contributed by atoms with Crippen molar-refractivity contribution in [3.05, 3.63) is 84.6 Å². The second-order valence-electron chi connectivity index (χ2n) is 9.89. The van der Waals surface area contributed by atoms with E-state index in [0.717, 1.165) is 16.9 Å². The van der Waals surface area contributed by atoms with Crippen molar-refractivity contribution < 1.29 is 37.1 Å². The van der Waals surface area contributed by atoms with Gasteiger partial charge in [0.25, 0.3) is 0 Å². The zero-order valence-corrected chi connectivity index (χ0v) is 25.5. The minimum absolute atomic E-state index is 0.167. The van der Waals surface area contributed by atoms with Crippen LogP contribution in [0.3, 0.4) is 0 Å². The zero-order chi connectivity index (χ0) is 32.7. The number of amides is 2. The number of halogens is 3. The number of rotatable bonds is 16. The van der Waals surface area contributed by atoms with Gasteiger partial charge < -0.3 is 20.7 Å². The lowest BCUT2D eigenvalue weighted by molar-refractivity contribution is -0.202. The molecule has 0 saturated carbocycles. The molecule has 0 bridgehead atoms. The van der Waals surface area contributed by atoms with Crippen LogP contribution in [0.15, 0.2) is 79.0 Å². The third-order valence-corrected chi connectivity index (χ3v) is 7.46. The lowest BCUT2D eigenvalue weighted by Crippen LogP contribution is -2.49. The largest absolute Gasteiger partial charge is 0.491 e. The molecule has 1 aromatic heterocycles. The lowest BCUT2D eigenvalue weighted by atomic mass is 9.99. The van der Waals surface area contributed by atoms with Gasteiger partial charge in [0, 0.05) is 24.9 Å². The fourth-order valence-corrected chi connectivity index (χ4v) is 4.92. The van der Waals surface area contributed by atoms with Crippen molar-refractivity contribution in [1.82, 2.24) is 15.6 Å². The summed E-state index contributed by atoms with van der Waals surface area (Å²) in [6.07, 6.45) is -3.03. The number of nitrogens with zero attached hydrogens (tertiary/aromatic N) is 1. The topological polar surface area (TPSA) is 126 Å². The molecule has 2 atom stereocenters. The molecule has 0 spiro atoms. The number of hydrogen-bond acceptors (Lipinski definition) is 8. The Morgan fingerprint density at radius 3 is 2.22 bits per heavy atom. The number of pyridine rings is 1. The Morgan fingerprint density at radius 2 is 1.58 bits per heavy atom. The van der Waals surface area contributed by atoms with Crippen molar-refractivity contribution in [1.29, 1.82) is 0 Å².